The van der Waals surface area contributed by atoms with Crippen LogP contribution in [-0.4, -0.2) is 89.4 Å². The Morgan fingerprint density at radius 1 is 1.04 bits per heavy atom. The van der Waals surface area contributed by atoms with E-state index in [9.17, 15) is 0 Å². The normalized spacial score (nSPS) is 16.0. The third-order valence-corrected chi connectivity index (χ3v) is 5.07. The predicted octanol–water partition coefficient (Wildman–Crippen LogP) is 1.43. The fourth-order valence-electron chi connectivity index (χ4n) is 3.34. The lowest BCUT2D eigenvalue weighted by molar-refractivity contribution is 0.136. The van der Waals surface area contributed by atoms with Gasteiger partial charge < -0.3 is 25.0 Å². The number of halogens is 1. The topological polar surface area (TPSA) is 73.6 Å². The Balaban J connectivity index is 0.00000392. The van der Waals surface area contributed by atoms with Gasteiger partial charge in [0.1, 0.15) is 12.2 Å². The number of hydrogen-bond donors (Lipinski definition) is 2. The van der Waals surface area contributed by atoms with E-state index in [1.165, 1.54) is 45.7 Å². The van der Waals surface area contributed by atoms with Crippen molar-refractivity contribution >= 4 is 29.9 Å². The number of unbranched alkanes of at least 4 members (excludes halogenated alkanes) is 1. The summed E-state index contributed by atoms with van der Waals surface area (Å²) in [7, 11) is 0. The molecule has 162 valence electrons. The van der Waals surface area contributed by atoms with Crippen LogP contribution in [-0.2, 0) is 13.0 Å². The number of rotatable bonds is 11. The molecule has 1 aromatic rings. The Hall–Kier alpha value is -0.940. The van der Waals surface area contributed by atoms with Gasteiger partial charge in [-0.1, -0.05) is 13.8 Å². The first kappa shape index (κ1) is 25.1. The number of piperazine rings is 1. The highest BCUT2D eigenvalue weighted by Gasteiger charge is 2.14. The van der Waals surface area contributed by atoms with Gasteiger partial charge in [-0.3, -0.25) is 4.99 Å². The van der Waals surface area contributed by atoms with Crippen LogP contribution in [0, 0.1) is 0 Å². The lowest BCUT2D eigenvalue weighted by Gasteiger charge is -2.33. The van der Waals surface area contributed by atoms with Gasteiger partial charge in [0, 0.05) is 58.8 Å². The molecular weight excluding hydrogens is 467 g/mol. The lowest BCUT2D eigenvalue weighted by atomic mass is 10.2. The van der Waals surface area contributed by atoms with Gasteiger partial charge in [0.2, 0.25) is 0 Å². The van der Waals surface area contributed by atoms with Crippen LogP contribution in [0.15, 0.2) is 11.3 Å². The summed E-state index contributed by atoms with van der Waals surface area (Å²) in [6.07, 6.45) is 5.05. The number of aliphatic imine (C=N–C) groups is 1. The fraction of sp³-hybridized carbons (Fsp3) is 0.842. The van der Waals surface area contributed by atoms with Gasteiger partial charge in [0.15, 0.2) is 5.96 Å². The van der Waals surface area contributed by atoms with E-state index in [0.29, 0.717) is 0 Å². The highest BCUT2D eigenvalue weighted by molar-refractivity contribution is 14.0. The molecule has 8 nitrogen and oxygen atoms in total. The highest BCUT2D eigenvalue weighted by atomic mass is 127. The number of likely N-dealkylation sites (N-methyl/N-ethyl adjacent to an activating group) is 1. The molecule has 1 saturated heterocycles. The zero-order valence-corrected chi connectivity index (χ0v) is 20.2. The molecule has 2 N–H and O–H groups in total. The summed E-state index contributed by atoms with van der Waals surface area (Å²) in [5, 5.41) is 14.8. The van der Waals surface area contributed by atoms with Crippen molar-refractivity contribution in [1.82, 2.24) is 35.2 Å². The Kier molecular flexibility index (Phi) is 13.4. The quantitative estimate of drug-likeness (QED) is 0.205. The minimum absolute atomic E-state index is 0. The van der Waals surface area contributed by atoms with E-state index in [1.807, 2.05) is 0 Å². The molecule has 1 aliphatic heterocycles. The van der Waals surface area contributed by atoms with Gasteiger partial charge >= 0.3 is 0 Å². The van der Waals surface area contributed by atoms with Gasteiger partial charge in [0.05, 0.1) is 0 Å². The standard InChI is InChI=1S/C19H38N8.HI/c1-4-18-24-23-17-27(18)12-10-22-19(20-5-2)21-9-7-8-11-26-15-13-25(6-3)14-16-26;/h17H,4-16H2,1-3H3,(H2,20,21,22);1H. The van der Waals surface area contributed by atoms with Gasteiger partial charge in [-0.05, 0) is 32.9 Å². The molecule has 9 heteroatoms. The van der Waals surface area contributed by atoms with Crippen LogP contribution in [0.4, 0.5) is 0 Å². The zero-order chi connectivity index (χ0) is 19.3. The monoisotopic (exact) mass is 506 g/mol. The first-order chi connectivity index (χ1) is 13.3. The van der Waals surface area contributed by atoms with Crippen LogP contribution < -0.4 is 10.6 Å². The summed E-state index contributed by atoms with van der Waals surface area (Å²) < 4.78 is 2.09. The smallest absolute Gasteiger partial charge is 0.191 e. The van der Waals surface area contributed by atoms with Crippen molar-refractivity contribution in [1.29, 1.82) is 0 Å². The molecule has 0 atom stereocenters. The lowest BCUT2D eigenvalue weighted by Crippen LogP contribution is -2.46. The Labute approximate surface area is 187 Å². The first-order valence-electron chi connectivity index (χ1n) is 10.6. The summed E-state index contributed by atoms with van der Waals surface area (Å²) in [5.41, 5.74) is 0. The molecule has 2 heterocycles. The summed E-state index contributed by atoms with van der Waals surface area (Å²) in [6, 6.07) is 0. The molecule has 0 amide bonds. The van der Waals surface area contributed by atoms with Crippen molar-refractivity contribution in [2.45, 2.75) is 46.6 Å². The fourth-order valence-corrected chi connectivity index (χ4v) is 3.34. The maximum Gasteiger partial charge on any atom is 0.191 e. The molecule has 2 rings (SSSR count). The Bertz CT molecular complexity index is 540. The number of guanidine groups is 1. The van der Waals surface area contributed by atoms with E-state index >= 15 is 0 Å². The van der Waals surface area contributed by atoms with Crippen LogP contribution >= 0.6 is 24.0 Å². The molecule has 1 fully saturated rings. The molecular formula is C19H39IN8. The maximum atomic E-state index is 4.71. The van der Waals surface area contributed by atoms with Crippen LogP contribution in [0.1, 0.15) is 39.4 Å². The Morgan fingerprint density at radius 2 is 1.79 bits per heavy atom. The highest BCUT2D eigenvalue weighted by Crippen LogP contribution is 2.03. The van der Waals surface area contributed by atoms with Gasteiger partial charge in [-0.25, -0.2) is 0 Å². The first-order valence-corrected chi connectivity index (χ1v) is 10.6. The van der Waals surface area contributed by atoms with Crippen molar-refractivity contribution in [3.63, 3.8) is 0 Å². The molecule has 28 heavy (non-hydrogen) atoms. The zero-order valence-electron chi connectivity index (χ0n) is 17.9. The summed E-state index contributed by atoms with van der Waals surface area (Å²) >= 11 is 0. The third-order valence-electron chi connectivity index (χ3n) is 5.07. The van der Waals surface area contributed by atoms with Crippen molar-refractivity contribution in [2.24, 2.45) is 4.99 Å². The number of nitrogens with one attached hydrogen (secondary N) is 2. The minimum Gasteiger partial charge on any atom is -0.357 e. The molecule has 0 bridgehead atoms. The molecule has 0 unspecified atom stereocenters. The molecule has 0 radical (unpaired) electrons. The molecule has 1 aliphatic rings. The minimum atomic E-state index is 0. The molecule has 1 aromatic heterocycles. The second kappa shape index (κ2) is 15.0. The molecule has 0 saturated carbocycles. The van der Waals surface area contributed by atoms with E-state index < -0.39 is 0 Å². The van der Waals surface area contributed by atoms with Crippen LogP contribution in [0.3, 0.4) is 0 Å². The molecule has 0 aromatic carbocycles. The van der Waals surface area contributed by atoms with Gasteiger partial charge in [0.25, 0.3) is 0 Å². The second-order valence-corrected chi connectivity index (χ2v) is 6.96. The second-order valence-electron chi connectivity index (χ2n) is 6.96. The van der Waals surface area contributed by atoms with E-state index in [4.69, 9.17) is 4.99 Å². The average Bonchev–Trinajstić information content (AvgIpc) is 3.15. The van der Waals surface area contributed by atoms with Crippen molar-refractivity contribution in [2.75, 3.05) is 58.9 Å². The van der Waals surface area contributed by atoms with E-state index in [0.717, 1.165) is 50.8 Å². The van der Waals surface area contributed by atoms with Crippen molar-refractivity contribution in [3.05, 3.63) is 12.2 Å². The van der Waals surface area contributed by atoms with Crippen molar-refractivity contribution < 1.29 is 0 Å². The molecule has 0 aliphatic carbocycles. The predicted molar refractivity (Wildman–Crippen MR) is 127 cm³/mol. The van der Waals surface area contributed by atoms with Crippen molar-refractivity contribution in [3.8, 4) is 0 Å². The average molecular weight is 506 g/mol. The number of hydrogen-bond acceptors (Lipinski definition) is 5. The van der Waals surface area contributed by atoms with Crippen LogP contribution in [0.2, 0.25) is 0 Å². The Morgan fingerprint density at radius 3 is 2.46 bits per heavy atom. The summed E-state index contributed by atoms with van der Waals surface area (Å²) in [5.74, 6) is 1.93. The number of nitrogens with zero attached hydrogens (tertiary/aromatic N) is 6. The molecule has 0 spiro atoms. The number of aryl methyl sites for hydroxylation is 1. The summed E-state index contributed by atoms with van der Waals surface area (Å²) in [4.78, 5) is 9.82. The van der Waals surface area contributed by atoms with Gasteiger partial charge in [-0.2, -0.15) is 0 Å². The number of aromatic nitrogens is 3. The van der Waals surface area contributed by atoms with Crippen LogP contribution in [0.5, 0.6) is 0 Å². The van der Waals surface area contributed by atoms with Gasteiger partial charge in [-0.15, -0.1) is 34.2 Å². The largest absolute Gasteiger partial charge is 0.357 e. The van der Waals surface area contributed by atoms with E-state index in [-0.39, 0.29) is 24.0 Å². The van der Waals surface area contributed by atoms with E-state index in [2.05, 4.69) is 56.0 Å². The summed E-state index contributed by atoms with van der Waals surface area (Å²) in [6.45, 7) is 17.1. The van der Waals surface area contributed by atoms with Crippen LogP contribution in [0.25, 0.3) is 0 Å². The SMILES string of the molecule is CCNC(=NCCCCN1CCN(CC)CC1)NCCn1cnnc1CC.I. The maximum absolute atomic E-state index is 4.71. The van der Waals surface area contributed by atoms with E-state index in [1.54, 1.807) is 6.33 Å². The third kappa shape index (κ3) is 9.04.